The highest BCUT2D eigenvalue weighted by Crippen LogP contribution is 2.30. The van der Waals surface area contributed by atoms with Crippen molar-refractivity contribution in [1.82, 2.24) is 0 Å². The molecular weight excluding hydrogens is 346 g/mol. The Balaban J connectivity index is 4.01. The summed E-state index contributed by atoms with van der Waals surface area (Å²) in [5.74, 6) is -1.70. The van der Waals surface area contributed by atoms with Crippen molar-refractivity contribution in [3.63, 3.8) is 0 Å². The van der Waals surface area contributed by atoms with E-state index in [1.807, 2.05) is 0 Å². The van der Waals surface area contributed by atoms with Gasteiger partial charge in [-0.1, -0.05) is 0 Å². The van der Waals surface area contributed by atoms with Gasteiger partial charge >= 0.3 is 5.97 Å². The summed E-state index contributed by atoms with van der Waals surface area (Å²) in [6.45, 7) is 0. The van der Waals surface area contributed by atoms with Gasteiger partial charge in [-0.05, 0) is 0 Å². The third-order valence-electron chi connectivity index (χ3n) is 2.60. The molecule has 0 aromatic rings. The lowest BCUT2D eigenvalue weighted by atomic mass is 9.97. The van der Waals surface area contributed by atoms with Crippen molar-refractivity contribution in [2.75, 3.05) is 7.11 Å². The van der Waals surface area contributed by atoms with Crippen LogP contribution in [0, 0.1) is 30.6 Å². The number of rotatable bonds is 4. The van der Waals surface area contributed by atoms with Crippen LogP contribution >= 0.6 is 0 Å². The molecule has 1 rings (SSSR count). The fraction of sp³-hybridized carbons (Fsp3) is 0.250. The van der Waals surface area contributed by atoms with E-state index in [0.717, 1.165) is 0 Å². The summed E-state index contributed by atoms with van der Waals surface area (Å²) >= 11 is 0. The number of methoxy groups -OCH3 is 1. The van der Waals surface area contributed by atoms with Crippen LogP contribution in [0.3, 0.4) is 0 Å². The Hall–Kier alpha value is -3.07. The Morgan fingerprint density at radius 3 is 2.00 bits per heavy atom. The molecule has 0 aromatic heterocycles. The van der Waals surface area contributed by atoms with Crippen LogP contribution in [0.15, 0.2) is 23.0 Å². The fourth-order valence-corrected chi connectivity index (χ4v) is 2.69. The van der Waals surface area contributed by atoms with Crippen LogP contribution in [0.4, 0.5) is 0 Å². The molecule has 0 fully saturated rings. The largest absolute Gasteiger partial charge is 0.747 e. The molecule has 15 heteroatoms. The monoisotopic (exact) mass is 351 g/mol. The van der Waals surface area contributed by atoms with Gasteiger partial charge in [0.1, 0.15) is 10.1 Å². The van der Waals surface area contributed by atoms with Gasteiger partial charge in [0, 0.05) is 0 Å². The summed E-state index contributed by atoms with van der Waals surface area (Å²) in [5.41, 5.74) is -6.33. The molecule has 0 saturated heterocycles. The standard InChI is InChI=1S/C8H6N3O11S/c1-22-8(12)5-3(9(13)14)2-4(10(15)16)7(23(19,20)21)6(5)11(17)18/h2,7H,1H3,(H-,13,14,19,20,21)/q-1/p-1/t7-/m1/s1. The topological polar surface area (TPSA) is 219 Å². The molecule has 14 nitrogen and oxygen atoms in total. The number of nitrogens with zero attached hydrogens (tertiary/aromatic N) is 3. The SMILES string of the molecule is COC(=O)C1=C([N+](=O)[O-])[C@H](S(=O)(=O)[O-])C([N+](=O)[O-])=CC1=[N+]([O-])[O-]. The van der Waals surface area contributed by atoms with Gasteiger partial charge in [-0.15, -0.1) is 0 Å². The van der Waals surface area contributed by atoms with E-state index in [9.17, 15) is 48.4 Å². The minimum Gasteiger partial charge on any atom is -0.747 e. The third-order valence-corrected chi connectivity index (χ3v) is 3.64. The van der Waals surface area contributed by atoms with Crippen molar-refractivity contribution in [2.24, 2.45) is 0 Å². The number of ether oxygens (including phenoxy) is 1. The van der Waals surface area contributed by atoms with Crippen LogP contribution in [-0.4, -0.2) is 51.8 Å². The van der Waals surface area contributed by atoms with E-state index >= 15 is 0 Å². The molecule has 126 valence electrons. The molecular formula is C8H5N3O11S-2. The molecule has 0 saturated carbocycles. The molecule has 0 bridgehead atoms. The van der Waals surface area contributed by atoms with Gasteiger partial charge in [-0.25, -0.2) is 13.2 Å². The highest BCUT2D eigenvalue weighted by atomic mass is 32.2. The summed E-state index contributed by atoms with van der Waals surface area (Å²) in [7, 11) is -5.06. The summed E-state index contributed by atoms with van der Waals surface area (Å²) in [4.78, 5) is 28.9. The summed E-state index contributed by atoms with van der Waals surface area (Å²) < 4.78 is 37.6. The maximum atomic E-state index is 11.5. The smallest absolute Gasteiger partial charge is 0.351 e. The minimum absolute atomic E-state index is 0.000625. The summed E-state index contributed by atoms with van der Waals surface area (Å²) in [5, 5.41) is 40.6. The molecule has 23 heavy (non-hydrogen) atoms. The second-order valence-electron chi connectivity index (χ2n) is 3.85. The average molecular weight is 351 g/mol. The van der Waals surface area contributed by atoms with Crippen molar-refractivity contribution in [3.05, 3.63) is 53.7 Å². The molecule has 1 aliphatic rings. The second kappa shape index (κ2) is 5.97. The van der Waals surface area contributed by atoms with Gasteiger partial charge in [-0.2, -0.15) is 4.90 Å². The molecule has 0 radical (unpaired) electrons. The molecule has 1 atom stereocenters. The van der Waals surface area contributed by atoms with Crippen LogP contribution in [0.2, 0.25) is 0 Å². The van der Waals surface area contributed by atoms with Gasteiger partial charge in [0.05, 0.1) is 23.0 Å². The summed E-state index contributed by atoms with van der Waals surface area (Å²) in [6, 6.07) is 0. The molecule has 0 aromatic carbocycles. The van der Waals surface area contributed by atoms with Gasteiger partial charge < -0.3 is 19.7 Å². The van der Waals surface area contributed by atoms with Crippen molar-refractivity contribution < 1.29 is 37.3 Å². The molecule has 0 spiro atoms. The third kappa shape index (κ3) is 3.24. The lowest BCUT2D eigenvalue weighted by Gasteiger charge is -2.21. The van der Waals surface area contributed by atoms with Crippen molar-refractivity contribution >= 4 is 21.8 Å². The van der Waals surface area contributed by atoms with E-state index < -0.39 is 58.8 Å². The molecule has 0 aliphatic heterocycles. The Bertz CT molecular complexity index is 786. The molecule has 0 heterocycles. The Morgan fingerprint density at radius 2 is 1.70 bits per heavy atom. The number of esters is 1. The predicted molar refractivity (Wildman–Crippen MR) is 66.6 cm³/mol. The maximum absolute atomic E-state index is 11.5. The number of allylic oxidation sites excluding steroid dienone is 1. The van der Waals surface area contributed by atoms with Crippen LogP contribution in [0.5, 0.6) is 0 Å². The first-order valence-corrected chi connectivity index (χ1v) is 6.69. The minimum atomic E-state index is -5.74. The van der Waals surface area contributed by atoms with E-state index in [1.165, 1.54) is 0 Å². The first-order valence-electron chi connectivity index (χ1n) is 5.22. The van der Waals surface area contributed by atoms with Gasteiger partial charge in [-0.3, -0.25) is 20.2 Å². The highest BCUT2D eigenvalue weighted by molar-refractivity contribution is 7.86. The van der Waals surface area contributed by atoms with Gasteiger partial charge in [0.25, 0.3) is 17.1 Å². The number of carbonyl (C=O) groups excluding carboxylic acids is 1. The second-order valence-corrected chi connectivity index (χ2v) is 5.31. The lowest BCUT2D eigenvalue weighted by Crippen LogP contribution is -2.40. The van der Waals surface area contributed by atoms with Crippen molar-refractivity contribution in [2.45, 2.75) is 5.25 Å². The molecule has 0 amide bonds. The lowest BCUT2D eigenvalue weighted by molar-refractivity contribution is -0.450. The molecule has 1 aliphatic carbocycles. The first kappa shape index (κ1) is 18.0. The Labute approximate surface area is 126 Å². The van der Waals surface area contributed by atoms with E-state index in [4.69, 9.17) is 0 Å². The van der Waals surface area contributed by atoms with E-state index in [0.29, 0.717) is 7.11 Å². The molecule has 0 unspecified atom stereocenters. The summed E-state index contributed by atoms with van der Waals surface area (Å²) in [6.07, 6.45) is -0.000625. The van der Waals surface area contributed by atoms with Crippen molar-refractivity contribution in [3.8, 4) is 0 Å². The Kier molecular flexibility index (Phi) is 4.67. The zero-order valence-electron chi connectivity index (χ0n) is 10.9. The Morgan fingerprint density at radius 1 is 1.17 bits per heavy atom. The average Bonchev–Trinajstić information content (AvgIpc) is 2.42. The first-order chi connectivity index (χ1) is 10.4. The van der Waals surface area contributed by atoms with Crippen LogP contribution in [-0.2, 0) is 19.6 Å². The van der Waals surface area contributed by atoms with Crippen LogP contribution < -0.4 is 0 Å². The van der Waals surface area contributed by atoms with Crippen LogP contribution in [0.1, 0.15) is 0 Å². The van der Waals surface area contributed by atoms with Gasteiger partial charge in [0.2, 0.25) is 10.8 Å². The number of carbonyl (C=O) groups is 1. The normalized spacial score (nSPS) is 18.3. The van der Waals surface area contributed by atoms with E-state index in [1.54, 1.807) is 0 Å². The number of nitro groups is 2. The molecule has 0 N–H and O–H groups in total. The van der Waals surface area contributed by atoms with Crippen LogP contribution in [0.25, 0.3) is 0 Å². The zero-order valence-corrected chi connectivity index (χ0v) is 11.7. The fourth-order valence-electron chi connectivity index (χ4n) is 1.77. The quantitative estimate of drug-likeness (QED) is 0.181. The van der Waals surface area contributed by atoms with Crippen molar-refractivity contribution in [1.29, 1.82) is 0 Å². The number of hydrogen-bond acceptors (Lipinski definition) is 11. The maximum Gasteiger partial charge on any atom is 0.351 e. The van der Waals surface area contributed by atoms with Gasteiger partial charge in [0.15, 0.2) is 0 Å². The zero-order chi connectivity index (χ0) is 18.1. The van der Waals surface area contributed by atoms with E-state index in [2.05, 4.69) is 4.74 Å². The highest BCUT2D eigenvalue weighted by Gasteiger charge is 2.52. The van der Waals surface area contributed by atoms with E-state index in [-0.39, 0.29) is 6.08 Å². The predicted octanol–water partition coefficient (Wildman–Crippen LogP) is -1.77. The number of hydrogen-bond donors (Lipinski definition) is 0.